The standard InChI is InChI=1S/C19H26N4O2.HI/c1-23(2)18(14-6-5-7-17(12-14)25-4)13-21-19(20)22-15-8-10-16(24-3)11-9-15;/h5-12,18H,13H2,1-4H3,(H3,20,21,22);1H. The summed E-state index contributed by atoms with van der Waals surface area (Å²) in [5.74, 6) is 2.00. The van der Waals surface area contributed by atoms with Gasteiger partial charge in [0.15, 0.2) is 5.96 Å². The van der Waals surface area contributed by atoms with Crippen molar-refractivity contribution in [2.24, 2.45) is 10.7 Å². The number of guanidine groups is 1. The molecule has 0 saturated carbocycles. The fourth-order valence-corrected chi connectivity index (χ4v) is 2.46. The summed E-state index contributed by atoms with van der Waals surface area (Å²) < 4.78 is 10.4. The molecule has 6 nitrogen and oxygen atoms in total. The molecule has 0 saturated heterocycles. The van der Waals surface area contributed by atoms with Crippen LogP contribution in [-0.4, -0.2) is 45.7 Å². The van der Waals surface area contributed by atoms with Gasteiger partial charge in [-0.25, -0.2) is 0 Å². The van der Waals surface area contributed by atoms with Crippen LogP contribution in [0.2, 0.25) is 0 Å². The Bertz CT molecular complexity index is 705. The van der Waals surface area contributed by atoms with Gasteiger partial charge in [-0.3, -0.25) is 4.99 Å². The minimum absolute atomic E-state index is 0. The summed E-state index contributed by atoms with van der Waals surface area (Å²) in [5, 5.41) is 3.09. The summed E-state index contributed by atoms with van der Waals surface area (Å²) in [5.41, 5.74) is 8.02. The number of methoxy groups -OCH3 is 2. The smallest absolute Gasteiger partial charge is 0.193 e. The van der Waals surface area contributed by atoms with Gasteiger partial charge < -0.3 is 25.4 Å². The van der Waals surface area contributed by atoms with Crippen LogP contribution in [0, 0.1) is 0 Å². The van der Waals surface area contributed by atoms with Gasteiger partial charge in [0.2, 0.25) is 0 Å². The van der Waals surface area contributed by atoms with Crippen molar-refractivity contribution >= 4 is 35.6 Å². The number of likely N-dealkylation sites (N-methyl/N-ethyl adjacent to an activating group) is 1. The van der Waals surface area contributed by atoms with E-state index >= 15 is 0 Å². The molecule has 0 aliphatic rings. The second-order valence-electron chi connectivity index (χ2n) is 5.84. The number of aliphatic imine (C=N–C) groups is 1. The van der Waals surface area contributed by atoms with Crippen LogP contribution in [0.1, 0.15) is 11.6 Å². The first-order valence-corrected chi connectivity index (χ1v) is 8.05. The van der Waals surface area contributed by atoms with Gasteiger partial charge >= 0.3 is 0 Å². The van der Waals surface area contributed by atoms with Crippen molar-refractivity contribution in [3.05, 3.63) is 54.1 Å². The molecule has 0 aromatic heterocycles. The van der Waals surface area contributed by atoms with Gasteiger partial charge in [-0.2, -0.15) is 0 Å². The molecule has 2 aromatic rings. The third-order valence-electron chi connectivity index (χ3n) is 3.90. The van der Waals surface area contributed by atoms with Crippen LogP contribution in [0.25, 0.3) is 0 Å². The molecule has 1 atom stereocenters. The third-order valence-corrected chi connectivity index (χ3v) is 3.90. The van der Waals surface area contributed by atoms with Crippen LogP contribution in [0.15, 0.2) is 53.5 Å². The zero-order valence-corrected chi connectivity index (χ0v) is 17.9. The van der Waals surface area contributed by atoms with Crippen molar-refractivity contribution in [1.29, 1.82) is 0 Å². The van der Waals surface area contributed by atoms with E-state index in [0.29, 0.717) is 12.5 Å². The van der Waals surface area contributed by atoms with E-state index in [2.05, 4.69) is 21.3 Å². The lowest BCUT2D eigenvalue weighted by atomic mass is 10.1. The lowest BCUT2D eigenvalue weighted by molar-refractivity contribution is 0.305. The molecular weight excluding hydrogens is 443 g/mol. The average Bonchev–Trinajstić information content (AvgIpc) is 2.62. The summed E-state index contributed by atoms with van der Waals surface area (Å²) in [4.78, 5) is 6.60. The van der Waals surface area contributed by atoms with Crippen LogP contribution >= 0.6 is 24.0 Å². The number of nitrogens with one attached hydrogen (secondary N) is 1. The minimum atomic E-state index is 0. The van der Waals surface area contributed by atoms with Gasteiger partial charge in [0.1, 0.15) is 11.5 Å². The Morgan fingerprint density at radius 1 is 1.08 bits per heavy atom. The Kier molecular flexibility index (Phi) is 9.22. The van der Waals surface area contributed by atoms with E-state index in [4.69, 9.17) is 15.2 Å². The van der Waals surface area contributed by atoms with Crippen LogP contribution < -0.4 is 20.5 Å². The highest BCUT2D eigenvalue weighted by Gasteiger charge is 2.14. The van der Waals surface area contributed by atoms with Crippen molar-refractivity contribution in [2.45, 2.75) is 6.04 Å². The Labute approximate surface area is 172 Å². The molecule has 2 aromatic carbocycles. The van der Waals surface area contributed by atoms with Gasteiger partial charge in [0, 0.05) is 5.69 Å². The maximum absolute atomic E-state index is 6.02. The summed E-state index contributed by atoms with van der Waals surface area (Å²) in [7, 11) is 7.34. The number of hydrogen-bond acceptors (Lipinski definition) is 4. The highest BCUT2D eigenvalue weighted by Crippen LogP contribution is 2.23. The molecule has 2 rings (SSSR count). The summed E-state index contributed by atoms with van der Waals surface area (Å²) in [6, 6.07) is 15.6. The number of ether oxygens (including phenoxy) is 2. The van der Waals surface area contributed by atoms with Crippen molar-refractivity contribution < 1.29 is 9.47 Å². The molecule has 0 spiro atoms. The molecule has 0 bridgehead atoms. The van der Waals surface area contributed by atoms with Crippen molar-refractivity contribution in [3.63, 3.8) is 0 Å². The van der Waals surface area contributed by atoms with Crippen LogP contribution in [-0.2, 0) is 0 Å². The third kappa shape index (κ3) is 6.38. The number of halogens is 1. The SMILES string of the molecule is COc1ccc(NC(N)=NCC(c2cccc(OC)c2)N(C)C)cc1.I. The van der Waals surface area contributed by atoms with E-state index in [-0.39, 0.29) is 30.0 Å². The Morgan fingerprint density at radius 2 is 1.73 bits per heavy atom. The minimum Gasteiger partial charge on any atom is -0.497 e. The maximum Gasteiger partial charge on any atom is 0.193 e. The van der Waals surface area contributed by atoms with E-state index in [9.17, 15) is 0 Å². The number of anilines is 1. The maximum atomic E-state index is 6.02. The molecule has 0 heterocycles. The second kappa shape index (κ2) is 10.9. The second-order valence-corrected chi connectivity index (χ2v) is 5.84. The first-order valence-electron chi connectivity index (χ1n) is 8.05. The lowest BCUT2D eigenvalue weighted by Gasteiger charge is -2.23. The predicted molar refractivity (Wildman–Crippen MR) is 118 cm³/mol. The van der Waals surface area contributed by atoms with Gasteiger partial charge in [0.25, 0.3) is 0 Å². The Balaban J connectivity index is 0.00000338. The highest BCUT2D eigenvalue weighted by molar-refractivity contribution is 14.0. The molecule has 0 fully saturated rings. The summed E-state index contributed by atoms with van der Waals surface area (Å²) in [6.45, 7) is 0.537. The van der Waals surface area contributed by atoms with Gasteiger partial charge in [-0.15, -0.1) is 24.0 Å². The topological polar surface area (TPSA) is 72.1 Å². The Morgan fingerprint density at radius 3 is 2.31 bits per heavy atom. The molecule has 7 heteroatoms. The first kappa shape index (κ1) is 22.0. The normalized spacial score (nSPS) is 12.3. The van der Waals surface area contributed by atoms with E-state index in [0.717, 1.165) is 22.7 Å². The number of benzene rings is 2. The molecule has 0 amide bonds. The summed E-state index contributed by atoms with van der Waals surface area (Å²) >= 11 is 0. The fourth-order valence-electron chi connectivity index (χ4n) is 2.46. The van der Waals surface area contributed by atoms with Gasteiger partial charge in [0.05, 0.1) is 26.8 Å². The molecular formula is C19H27IN4O2. The largest absolute Gasteiger partial charge is 0.497 e. The zero-order valence-electron chi connectivity index (χ0n) is 15.6. The first-order chi connectivity index (χ1) is 12.0. The number of nitrogens with zero attached hydrogens (tertiary/aromatic N) is 2. The zero-order chi connectivity index (χ0) is 18.2. The van der Waals surface area contributed by atoms with E-state index in [1.54, 1.807) is 14.2 Å². The molecule has 0 radical (unpaired) electrons. The van der Waals surface area contributed by atoms with Gasteiger partial charge in [-0.05, 0) is 56.1 Å². The highest BCUT2D eigenvalue weighted by atomic mass is 127. The fraction of sp³-hybridized carbons (Fsp3) is 0.316. The van der Waals surface area contributed by atoms with Crippen LogP contribution in [0.3, 0.4) is 0 Å². The monoisotopic (exact) mass is 470 g/mol. The Hall–Kier alpha value is -2.00. The lowest BCUT2D eigenvalue weighted by Crippen LogP contribution is -2.27. The predicted octanol–water partition coefficient (Wildman–Crippen LogP) is 3.35. The van der Waals surface area contributed by atoms with Crippen molar-refractivity contribution in [3.8, 4) is 11.5 Å². The van der Waals surface area contributed by atoms with E-state index < -0.39 is 0 Å². The quantitative estimate of drug-likeness (QED) is 0.369. The molecule has 0 aliphatic heterocycles. The molecule has 1 unspecified atom stereocenters. The van der Waals surface area contributed by atoms with Gasteiger partial charge in [-0.1, -0.05) is 12.1 Å². The summed E-state index contributed by atoms with van der Waals surface area (Å²) in [6.07, 6.45) is 0. The van der Waals surface area contributed by atoms with E-state index in [1.165, 1.54) is 0 Å². The van der Waals surface area contributed by atoms with Crippen molar-refractivity contribution in [2.75, 3.05) is 40.2 Å². The number of nitrogens with two attached hydrogens (primary N) is 1. The molecule has 3 N–H and O–H groups in total. The number of hydrogen-bond donors (Lipinski definition) is 2. The molecule has 142 valence electrons. The van der Waals surface area contributed by atoms with Crippen LogP contribution in [0.5, 0.6) is 11.5 Å². The van der Waals surface area contributed by atoms with Crippen molar-refractivity contribution in [1.82, 2.24) is 4.90 Å². The molecule has 0 aliphatic carbocycles. The molecule has 26 heavy (non-hydrogen) atoms. The van der Waals surface area contributed by atoms with E-state index in [1.807, 2.05) is 56.6 Å². The number of rotatable bonds is 7. The van der Waals surface area contributed by atoms with Crippen LogP contribution in [0.4, 0.5) is 5.69 Å². The average molecular weight is 470 g/mol.